The Labute approximate surface area is 130 Å². The lowest BCUT2D eigenvalue weighted by atomic mass is 10.1. The van der Waals surface area contributed by atoms with Crippen molar-refractivity contribution in [3.8, 4) is 5.88 Å². The summed E-state index contributed by atoms with van der Waals surface area (Å²) < 4.78 is 5.08. The predicted molar refractivity (Wildman–Crippen MR) is 89.8 cm³/mol. The van der Waals surface area contributed by atoms with Crippen LogP contribution >= 0.6 is 0 Å². The second-order valence-electron chi connectivity index (χ2n) is 5.78. The van der Waals surface area contributed by atoms with Crippen molar-refractivity contribution in [1.29, 1.82) is 0 Å². The maximum absolute atomic E-state index is 5.08. The van der Waals surface area contributed by atoms with Crippen LogP contribution in [0.15, 0.2) is 18.3 Å². The quantitative estimate of drug-likeness (QED) is 0.557. The molecule has 0 saturated heterocycles. The minimum atomic E-state index is 0.355. The summed E-state index contributed by atoms with van der Waals surface area (Å²) in [6, 6.07) is 4.36. The van der Waals surface area contributed by atoms with Crippen LogP contribution in [0, 0.1) is 0 Å². The molecule has 0 aliphatic rings. The number of hydrogen-bond donors (Lipinski definition) is 1. The van der Waals surface area contributed by atoms with Gasteiger partial charge in [-0.05, 0) is 25.5 Å². The van der Waals surface area contributed by atoms with Crippen LogP contribution in [0.2, 0.25) is 0 Å². The van der Waals surface area contributed by atoms with Gasteiger partial charge < -0.3 is 10.1 Å². The molecule has 0 fully saturated rings. The highest BCUT2D eigenvalue weighted by molar-refractivity contribution is 5.20. The fourth-order valence-electron chi connectivity index (χ4n) is 2.46. The van der Waals surface area contributed by atoms with Gasteiger partial charge in [-0.2, -0.15) is 0 Å². The summed E-state index contributed by atoms with van der Waals surface area (Å²) in [6.45, 7) is 5.54. The van der Waals surface area contributed by atoms with E-state index in [0.717, 1.165) is 6.54 Å². The topological polar surface area (TPSA) is 34.1 Å². The first-order chi connectivity index (χ1) is 10.3. The van der Waals surface area contributed by atoms with Crippen molar-refractivity contribution in [2.24, 2.45) is 0 Å². The summed E-state index contributed by atoms with van der Waals surface area (Å²) in [5.41, 5.74) is 1.22. The normalized spacial score (nSPS) is 12.3. The molecule has 0 amide bonds. The van der Waals surface area contributed by atoms with E-state index in [0.29, 0.717) is 11.9 Å². The molecule has 0 unspecified atom stereocenters. The van der Waals surface area contributed by atoms with Crippen LogP contribution < -0.4 is 10.1 Å². The van der Waals surface area contributed by atoms with Gasteiger partial charge in [-0.15, -0.1) is 0 Å². The Morgan fingerprint density at radius 3 is 2.29 bits per heavy atom. The third kappa shape index (κ3) is 8.05. The molecule has 0 spiro atoms. The summed E-state index contributed by atoms with van der Waals surface area (Å²) in [5, 5.41) is 3.57. The Hall–Kier alpha value is -1.09. The smallest absolute Gasteiger partial charge is 0.212 e. The Kier molecular flexibility index (Phi) is 9.88. The van der Waals surface area contributed by atoms with Crippen LogP contribution in [-0.2, 0) is 0 Å². The molecule has 3 nitrogen and oxygen atoms in total. The first-order valence-corrected chi connectivity index (χ1v) is 8.51. The van der Waals surface area contributed by atoms with Crippen molar-refractivity contribution in [3.63, 3.8) is 0 Å². The second-order valence-corrected chi connectivity index (χ2v) is 5.78. The van der Waals surface area contributed by atoms with Gasteiger partial charge in [0.2, 0.25) is 5.88 Å². The van der Waals surface area contributed by atoms with E-state index in [9.17, 15) is 0 Å². The summed E-state index contributed by atoms with van der Waals surface area (Å²) in [6.07, 6.45) is 12.8. The molecule has 3 heteroatoms. The Morgan fingerprint density at radius 1 is 1.05 bits per heavy atom. The molecule has 120 valence electrons. The molecule has 0 aliphatic heterocycles. The van der Waals surface area contributed by atoms with Crippen LogP contribution in [0.4, 0.5) is 0 Å². The minimum absolute atomic E-state index is 0.355. The highest BCUT2D eigenvalue weighted by Gasteiger charge is 2.04. The van der Waals surface area contributed by atoms with E-state index in [1.54, 1.807) is 7.11 Å². The van der Waals surface area contributed by atoms with Gasteiger partial charge in [-0.1, -0.05) is 57.9 Å². The summed E-state index contributed by atoms with van der Waals surface area (Å²) in [5.74, 6) is 0.675. The number of nitrogens with one attached hydrogen (secondary N) is 1. The first kappa shape index (κ1) is 18.0. The van der Waals surface area contributed by atoms with Crippen LogP contribution in [0.1, 0.15) is 76.8 Å². The SMILES string of the molecule is CCCCCCCCCCN[C@@H](C)c1ccc(OC)nc1. The fourth-order valence-corrected chi connectivity index (χ4v) is 2.46. The van der Waals surface area contributed by atoms with Gasteiger partial charge in [0.05, 0.1) is 7.11 Å². The molecule has 1 aromatic heterocycles. The molecular formula is C18H32N2O. The average Bonchev–Trinajstić information content (AvgIpc) is 2.53. The van der Waals surface area contributed by atoms with E-state index in [4.69, 9.17) is 4.74 Å². The molecule has 1 N–H and O–H groups in total. The lowest BCUT2D eigenvalue weighted by Gasteiger charge is -2.14. The van der Waals surface area contributed by atoms with Crippen LogP contribution in [-0.4, -0.2) is 18.6 Å². The van der Waals surface area contributed by atoms with Crippen molar-refractivity contribution in [1.82, 2.24) is 10.3 Å². The van der Waals surface area contributed by atoms with E-state index in [-0.39, 0.29) is 0 Å². The first-order valence-electron chi connectivity index (χ1n) is 8.51. The number of ether oxygens (including phenoxy) is 1. The molecule has 0 aromatic carbocycles. The van der Waals surface area contributed by atoms with Gasteiger partial charge in [0.25, 0.3) is 0 Å². The van der Waals surface area contributed by atoms with Crippen molar-refractivity contribution in [3.05, 3.63) is 23.9 Å². The van der Waals surface area contributed by atoms with E-state index in [1.165, 1.54) is 56.9 Å². The van der Waals surface area contributed by atoms with Gasteiger partial charge in [-0.3, -0.25) is 0 Å². The zero-order valence-corrected chi connectivity index (χ0v) is 14.0. The Bertz CT molecular complexity index is 351. The van der Waals surface area contributed by atoms with E-state index < -0.39 is 0 Å². The highest BCUT2D eigenvalue weighted by Crippen LogP contribution is 2.14. The van der Waals surface area contributed by atoms with Gasteiger partial charge in [-0.25, -0.2) is 4.98 Å². The zero-order chi connectivity index (χ0) is 15.3. The highest BCUT2D eigenvalue weighted by atomic mass is 16.5. The van der Waals surface area contributed by atoms with Crippen molar-refractivity contribution >= 4 is 0 Å². The molecule has 0 radical (unpaired) electrons. The number of nitrogens with zero attached hydrogens (tertiary/aromatic N) is 1. The average molecular weight is 292 g/mol. The largest absolute Gasteiger partial charge is 0.481 e. The molecule has 1 aromatic rings. The summed E-state index contributed by atoms with van der Waals surface area (Å²) in [4.78, 5) is 4.25. The molecule has 1 rings (SSSR count). The number of pyridine rings is 1. The van der Waals surface area contributed by atoms with Crippen molar-refractivity contribution in [2.45, 2.75) is 71.3 Å². The lowest BCUT2D eigenvalue weighted by molar-refractivity contribution is 0.397. The maximum atomic E-state index is 5.08. The van der Waals surface area contributed by atoms with E-state index in [1.807, 2.05) is 12.3 Å². The van der Waals surface area contributed by atoms with Crippen LogP contribution in [0.3, 0.4) is 0 Å². The maximum Gasteiger partial charge on any atom is 0.212 e. The van der Waals surface area contributed by atoms with E-state index >= 15 is 0 Å². The molecule has 0 bridgehead atoms. The van der Waals surface area contributed by atoms with Gasteiger partial charge in [0.15, 0.2) is 0 Å². The van der Waals surface area contributed by atoms with Crippen molar-refractivity contribution < 1.29 is 4.74 Å². The number of unbranched alkanes of at least 4 members (excludes halogenated alkanes) is 7. The van der Waals surface area contributed by atoms with E-state index in [2.05, 4.69) is 30.2 Å². The number of aromatic nitrogens is 1. The standard InChI is InChI=1S/C18H32N2O/c1-4-5-6-7-8-9-10-11-14-19-16(2)17-12-13-18(21-3)20-15-17/h12-13,15-16,19H,4-11,14H2,1-3H3/t16-/m0/s1. The molecular weight excluding hydrogens is 260 g/mol. The number of rotatable bonds is 12. The zero-order valence-electron chi connectivity index (χ0n) is 14.0. The van der Waals surface area contributed by atoms with Gasteiger partial charge in [0.1, 0.15) is 0 Å². The summed E-state index contributed by atoms with van der Waals surface area (Å²) >= 11 is 0. The Morgan fingerprint density at radius 2 is 1.71 bits per heavy atom. The molecule has 1 atom stereocenters. The second kappa shape index (κ2) is 11.6. The molecule has 0 saturated carbocycles. The molecule has 0 aliphatic carbocycles. The monoisotopic (exact) mass is 292 g/mol. The van der Waals surface area contributed by atoms with Crippen LogP contribution in [0.5, 0.6) is 5.88 Å². The Balaban J connectivity index is 2.03. The predicted octanol–water partition coefficient (Wildman–Crippen LogP) is 4.88. The molecule has 1 heterocycles. The fraction of sp³-hybridized carbons (Fsp3) is 0.722. The van der Waals surface area contributed by atoms with Crippen molar-refractivity contribution in [2.75, 3.05) is 13.7 Å². The third-order valence-corrected chi connectivity index (χ3v) is 3.95. The third-order valence-electron chi connectivity index (χ3n) is 3.95. The minimum Gasteiger partial charge on any atom is -0.481 e. The van der Waals surface area contributed by atoms with Crippen LogP contribution in [0.25, 0.3) is 0 Å². The van der Waals surface area contributed by atoms with Gasteiger partial charge >= 0.3 is 0 Å². The number of hydrogen-bond acceptors (Lipinski definition) is 3. The lowest BCUT2D eigenvalue weighted by Crippen LogP contribution is -2.19. The van der Waals surface area contributed by atoms with Gasteiger partial charge in [0, 0.05) is 18.3 Å². The molecule has 21 heavy (non-hydrogen) atoms. The summed E-state index contributed by atoms with van der Waals surface area (Å²) in [7, 11) is 1.64. The number of methoxy groups -OCH3 is 1.